The molecule has 0 spiro atoms. The summed E-state index contributed by atoms with van der Waals surface area (Å²) < 4.78 is 10.6. The topological polar surface area (TPSA) is 50.7 Å². The fraction of sp³-hybridized carbons (Fsp3) is 0.571. The van der Waals surface area contributed by atoms with E-state index in [0.717, 1.165) is 30.0 Å². The summed E-state index contributed by atoms with van der Waals surface area (Å²) in [6, 6.07) is 4.21. The lowest BCUT2D eigenvalue weighted by atomic mass is 10.0. The van der Waals surface area contributed by atoms with Crippen LogP contribution >= 0.6 is 0 Å². The van der Waals surface area contributed by atoms with E-state index < -0.39 is 0 Å². The van der Waals surface area contributed by atoms with Gasteiger partial charge in [0.15, 0.2) is 11.5 Å². The van der Waals surface area contributed by atoms with Crippen molar-refractivity contribution in [2.75, 3.05) is 27.4 Å². The molecule has 4 heteroatoms. The van der Waals surface area contributed by atoms with Crippen LogP contribution in [0.2, 0.25) is 0 Å². The molecule has 1 atom stereocenters. The Morgan fingerprint density at radius 3 is 2.39 bits per heavy atom. The number of ether oxygens (including phenoxy) is 2. The van der Waals surface area contributed by atoms with Crippen molar-refractivity contribution in [1.82, 2.24) is 5.32 Å². The largest absolute Gasteiger partial charge is 0.493 e. The highest BCUT2D eigenvalue weighted by Gasteiger charge is 2.13. The fourth-order valence-electron chi connectivity index (χ4n) is 1.97. The van der Waals surface area contributed by atoms with E-state index in [-0.39, 0.29) is 12.6 Å². The number of benzene rings is 1. The quantitative estimate of drug-likeness (QED) is 0.730. The number of hydrogen-bond acceptors (Lipinski definition) is 4. The second-order valence-electron chi connectivity index (χ2n) is 4.32. The first-order valence-electron chi connectivity index (χ1n) is 6.20. The average Bonchev–Trinajstić information content (AvgIpc) is 2.38. The molecular formula is C14H23NO3. The summed E-state index contributed by atoms with van der Waals surface area (Å²) >= 11 is 0. The van der Waals surface area contributed by atoms with Gasteiger partial charge < -0.3 is 19.9 Å². The van der Waals surface area contributed by atoms with Crippen LogP contribution in [-0.4, -0.2) is 32.5 Å². The van der Waals surface area contributed by atoms with E-state index in [2.05, 4.69) is 19.2 Å². The molecule has 0 aliphatic heterocycles. The van der Waals surface area contributed by atoms with Gasteiger partial charge in [-0.2, -0.15) is 0 Å². The molecule has 18 heavy (non-hydrogen) atoms. The first kappa shape index (κ1) is 14.8. The highest BCUT2D eigenvalue weighted by Crippen LogP contribution is 2.32. The lowest BCUT2D eigenvalue weighted by Gasteiger charge is -2.19. The Balaban J connectivity index is 2.87. The zero-order chi connectivity index (χ0) is 13.5. The molecule has 1 rings (SSSR count). The molecule has 1 aromatic carbocycles. The lowest BCUT2D eigenvalue weighted by Crippen LogP contribution is -2.21. The van der Waals surface area contributed by atoms with Crippen molar-refractivity contribution in [2.45, 2.75) is 26.3 Å². The van der Waals surface area contributed by atoms with Gasteiger partial charge in [0.2, 0.25) is 0 Å². The van der Waals surface area contributed by atoms with E-state index in [1.54, 1.807) is 14.2 Å². The summed E-state index contributed by atoms with van der Waals surface area (Å²) in [5.41, 5.74) is 2.35. The van der Waals surface area contributed by atoms with Crippen molar-refractivity contribution in [3.63, 3.8) is 0 Å². The zero-order valence-electron chi connectivity index (χ0n) is 11.6. The van der Waals surface area contributed by atoms with Crippen LogP contribution < -0.4 is 14.8 Å². The van der Waals surface area contributed by atoms with Crippen LogP contribution in [-0.2, 0) is 0 Å². The molecule has 1 aromatic rings. The average molecular weight is 253 g/mol. The highest BCUT2D eigenvalue weighted by atomic mass is 16.5. The molecule has 102 valence electrons. The van der Waals surface area contributed by atoms with Crippen molar-refractivity contribution < 1.29 is 14.6 Å². The van der Waals surface area contributed by atoms with Gasteiger partial charge in [0.1, 0.15) is 0 Å². The molecule has 0 aliphatic rings. The smallest absolute Gasteiger partial charge is 0.161 e. The molecule has 0 saturated carbocycles. The van der Waals surface area contributed by atoms with Crippen molar-refractivity contribution in [2.24, 2.45) is 0 Å². The number of hydrogen-bond donors (Lipinski definition) is 2. The first-order valence-corrected chi connectivity index (χ1v) is 6.20. The van der Waals surface area contributed by atoms with E-state index in [4.69, 9.17) is 14.6 Å². The van der Waals surface area contributed by atoms with Crippen molar-refractivity contribution in [3.05, 3.63) is 23.3 Å². The summed E-state index contributed by atoms with van der Waals surface area (Å²) in [7, 11) is 3.28. The summed E-state index contributed by atoms with van der Waals surface area (Å²) in [4.78, 5) is 0. The predicted molar refractivity (Wildman–Crippen MR) is 72.4 cm³/mol. The standard InChI is InChI=1S/C14H23NO3/c1-10-8-13(17-3)14(18-4)9-12(10)11(2)15-6-5-7-16/h8-9,11,15-16H,5-7H2,1-4H3. The van der Waals surface area contributed by atoms with Crippen LogP contribution in [0.15, 0.2) is 12.1 Å². The summed E-state index contributed by atoms with van der Waals surface area (Å²) in [6.45, 7) is 5.17. The van der Waals surface area contributed by atoms with Gasteiger partial charge in [-0.1, -0.05) is 0 Å². The third kappa shape index (κ3) is 3.62. The van der Waals surface area contributed by atoms with Gasteiger partial charge in [-0.05, 0) is 50.1 Å². The summed E-state index contributed by atoms with van der Waals surface area (Å²) in [6.07, 6.45) is 0.761. The third-order valence-corrected chi connectivity index (χ3v) is 3.02. The maximum Gasteiger partial charge on any atom is 0.161 e. The van der Waals surface area contributed by atoms with Crippen molar-refractivity contribution in [1.29, 1.82) is 0 Å². The van der Waals surface area contributed by atoms with E-state index in [1.807, 2.05) is 12.1 Å². The third-order valence-electron chi connectivity index (χ3n) is 3.02. The molecule has 2 N–H and O–H groups in total. The zero-order valence-corrected chi connectivity index (χ0v) is 11.6. The Morgan fingerprint density at radius 1 is 1.22 bits per heavy atom. The van der Waals surface area contributed by atoms with Gasteiger partial charge in [0.05, 0.1) is 14.2 Å². The Kier molecular flexibility index (Phi) is 5.95. The maximum atomic E-state index is 8.78. The van der Waals surface area contributed by atoms with E-state index in [9.17, 15) is 0 Å². The monoisotopic (exact) mass is 253 g/mol. The Labute approximate surface area is 109 Å². The molecule has 0 amide bonds. The molecular weight excluding hydrogens is 230 g/mol. The number of aliphatic hydroxyl groups is 1. The molecule has 1 unspecified atom stereocenters. The van der Waals surface area contributed by atoms with Crippen molar-refractivity contribution in [3.8, 4) is 11.5 Å². The van der Waals surface area contributed by atoms with Crippen LogP contribution in [0.4, 0.5) is 0 Å². The Morgan fingerprint density at radius 2 is 1.83 bits per heavy atom. The molecule has 0 bridgehead atoms. The van der Waals surface area contributed by atoms with E-state index in [1.165, 1.54) is 5.56 Å². The molecule has 4 nitrogen and oxygen atoms in total. The van der Waals surface area contributed by atoms with Gasteiger partial charge in [0.25, 0.3) is 0 Å². The van der Waals surface area contributed by atoms with Crippen LogP contribution in [0.5, 0.6) is 11.5 Å². The van der Waals surface area contributed by atoms with Gasteiger partial charge in [-0.3, -0.25) is 0 Å². The van der Waals surface area contributed by atoms with E-state index in [0.29, 0.717) is 0 Å². The molecule has 0 heterocycles. The molecule has 0 aliphatic carbocycles. The fourth-order valence-corrected chi connectivity index (χ4v) is 1.97. The van der Waals surface area contributed by atoms with E-state index >= 15 is 0 Å². The number of methoxy groups -OCH3 is 2. The Bertz CT molecular complexity index is 380. The Hall–Kier alpha value is -1.26. The number of rotatable bonds is 7. The second-order valence-corrected chi connectivity index (χ2v) is 4.32. The van der Waals surface area contributed by atoms with Crippen LogP contribution in [0.3, 0.4) is 0 Å². The molecule has 0 saturated heterocycles. The normalized spacial score (nSPS) is 12.3. The minimum atomic E-state index is 0.213. The summed E-state index contributed by atoms with van der Waals surface area (Å²) in [5, 5.41) is 12.2. The molecule has 0 aromatic heterocycles. The minimum Gasteiger partial charge on any atom is -0.493 e. The van der Waals surface area contributed by atoms with Gasteiger partial charge in [-0.15, -0.1) is 0 Å². The highest BCUT2D eigenvalue weighted by molar-refractivity contribution is 5.47. The molecule has 0 radical (unpaired) electrons. The number of aryl methyl sites for hydroxylation is 1. The maximum absolute atomic E-state index is 8.78. The minimum absolute atomic E-state index is 0.213. The lowest BCUT2D eigenvalue weighted by molar-refractivity contribution is 0.284. The van der Waals surface area contributed by atoms with Crippen LogP contribution in [0.1, 0.15) is 30.5 Å². The number of nitrogens with one attached hydrogen (secondary N) is 1. The predicted octanol–water partition coefficient (Wildman–Crippen LogP) is 2.05. The molecule has 0 fully saturated rings. The van der Waals surface area contributed by atoms with Crippen LogP contribution in [0, 0.1) is 6.92 Å². The van der Waals surface area contributed by atoms with Gasteiger partial charge >= 0.3 is 0 Å². The van der Waals surface area contributed by atoms with Gasteiger partial charge in [-0.25, -0.2) is 0 Å². The summed E-state index contributed by atoms with van der Waals surface area (Å²) in [5.74, 6) is 1.50. The SMILES string of the molecule is COc1cc(C)c(C(C)NCCCO)cc1OC. The van der Waals surface area contributed by atoms with Crippen LogP contribution in [0.25, 0.3) is 0 Å². The number of aliphatic hydroxyl groups excluding tert-OH is 1. The first-order chi connectivity index (χ1) is 8.63. The van der Waals surface area contributed by atoms with Gasteiger partial charge in [0, 0.05) is 12.6 Å². The second kappa shape index (κ2) is 7.24. The van der Waals surface area contributed by atoms with Crippen molar-refractivity contribution >= 4 is 0 Å².